The molecule has 1 rings (SSSR count). The number of rotatable bonds is 4. The van der Waals surface area contributed by atoms with Gasteiger partial charge in [0, 0.05) is 25.5 Å². The molecule has 0 spiro atoms. The molecule has 0 atom stereocenters. The van der Waals surface area contributed by atoms with E-state index in [1.165, 1.54) is 0 Å². The van der Waals surface area contributed by atoms with Crippen molar-refractivity contribution in [2.24, 2.45) is 0 Å². The zero-order valence-corrected chi connectivity index (χ0v) is 9.86. The first kappa shape index (κ1) is 11.9. The summed E-state index contributed by atoms with van der Waals surface area (Å²) in [6.07, 6.45) is 3.57. The number of aliphatic hydroxyl groups is 1. The summed E-state index contributed by atoms with van der Waals surface area (Å²) in [5, 5.41) is 9.74. The Kier molecular flexibility index (Phi) is 3.63. The zero-order valence-electron chi connectivity index (χ0n) is 9.86. The van der Waals surface area contributed by atoms with Gasteiger partial charge in [-0.2, -0.15) is 0 Å². The smallest absolute Gasteiger partial charge is 0.225 e. The van der Waals surface area contributed by atoms with Crippen LogP contribution in [0.25, 0.3) is 0 Å². The molecular weight excluding hydrogens is 190 g/mol. The lowest BCUT2D eigenvalue weighted by Gasteiger charge is -2.27. The molecule has 0 amide bonds. The minimum atomic E-state index is -0.732. The molecule has 84 valence electrons. The van der Waals surface area contributed by atoms with E-state index in [1.807, 2.05) is 18.7 Å². The Labute approximate surface area is 91.0 Å². The Morgan fingerprint density at radius 2 is 1.87 bits per heavy atom. The second-order valence-corrected chi connectivity index (χ2v) is 4.39. The number of nitrogens with zero attached hydrogens (tertiary/aromatic N) is 3. The molecule has 4 nitrogen and oxygen atoms in total. The van der Waals surface area contributed by atoms with Crippen LogP contribution in [-0.4, -0.2) is 33.8 Å². The summed E-state index contributed by atoms with van der Waals surface area (Å²) in [7, 11) is 0. The lowest BCUT2D eigenvalue weighted by Crippen LogP contribution is -2.39. The van der Waals surface area contributed by atoms with Crippen LogP contribution in [0, 0.1) is 6.92 Å². The van der Waals surface area contributed by atoms with Gasteiger partial charge in [-0.25, -0.2) is 9.97 Å². The normalized spacial score (nSPS) is 11.5. The van der Waals surface area contributed by atoms with Crippen LogP contribution >= 0.6 is 0 Å². The van der Waals surface area contributed by atoms with Gasteiger partial charge in [-0.1, -0.05) is 0 Å². The van der Waals surface area contributed by atoms with Gasteiger partial charge in [0.05, 0.1) is 5.60 Å². The molecule has 1 N–H and O–H groups in total. The predicted molar refractivity (Wildman–Crippen MR) is 61.0 cm³/mol. The third kappa shape index (κ3) is 3.83. The van der Waals surface area contributed by atoms with Crippen LogP contribution in [0.5, 0.6) is 0 Å². The Morgan fingerprint density at radius 1 is 1.33 bits per heavy atom. The molecule has 0 aliphatic rings. The van der Waals surface area contributed by atoms with Gasteiger partial charge in [-0.15, -0.1) is 0 Å². The van der Waals surface area contributed by atoms with Gasteiger partial charge in [0.15, 0.2) is 0 Å². The first-order valence-electron chi connectivity index (χ1n) is 5.18. The lowest BCUT2D eigenvalue weighted by molar-refractivity contribution is 0.0872. The van der Waals surface area contributed by atoms with Gasteiger partial charge in [-0.3, -0.25) is 0 Å². The van der Waals surface area contributed by atoms with Crippen LogP contribution in [-0.2, 0) is 0 Å². The number of aryl methyl sites for hydroxylation is 1. The summed E-state index contributed by atoms with van der Waals surface area (Å²) >= 11 is 0. The molecule has 0 bridgehead atoms. The largest absolute Gasteiger partial charge is 0.389 e. The van der Waals surface area contributed by atoms with Gasteiger partial charge in [0.25, 0.3) is 0 Å². The van der Waals surface area contributed by atoms with Crippen molar-refractivity contribution in [1.29, 1.82) is 0 Å². The number of hydrogen-bond donors (Lipinski definition) is 1. The maximum Gasteiger partial charge on any atom is 0.225 e. The summed E-state index contributed by atoms with van der Waals surface area (Å²) in [6, 6.07) is 0. The van der Waals surface area contributed by atoms with E-state index in [4.69, 9.17) is 0 Å². The van der Waals surface area contributed by atoms with Gasteiger partial charge in [-0.05, 0) is 33.3 Å². The van der Waals surface area contributed by atoms with Crippen molar-refractivity contribution in [3.63, 3.8) is 0 Å². The van der Waals surface area contributed by atoms with Gasteiger partial charge >= 0.3 is 0 Å². The molecule has 4 heteroatoms. The van der Waals surface area contributed by atoms with Crippen LogP contribution in [0.3, 0.4) is 0 Å². The van der Waals surface area contributed by atoms with Crippen molar-refractivity contribution in [3.8, 4) is 0 Å². The second kappa shape index (κ2) is 4.57. The quantitative estimate of drug-likeness (QED) is 0.814. The summed E-state index contributed by atoms with van der Waals surface area (Å²) in [4.78, 5) is 10.4. The SMILES string of the molecule is CCN(CC(C)(C)O)c1ncc(C)cn1. The van der Waals surface area contributed by atoms with Crippen LogP contribution in [0.4, 0.5) is 5.95 Å². The summed E-state index contributed by atoms with van der Waals surface area (Å²) in [5.74, 6) is 0.672. The number of anilines is 1. The highest BCUT2D eigenvalue weighted by atomic mass is 16.3. The molecule has 0 unspecified atom stereocenters. The molecule has 0 saturated carbocycles. The molecule has 0 radical (unpaired) electrons. The number of hydrogen-bond acceptors (Lipinski definition) is 4. The minimum Gasteiger partial charge on any atom is -0.389 e. The second-order valence-electron chi connectivity index (χ2n) is 4.39. The highest BCUT2D eigenvalue weighted by Crippen LogP contribution is 2.11. The topological polar surface area (TPSA) is 49.2 Å². The maximum atomic E-state index is 9.74. The summed E-state index contributed by atoms with van der Waals surface area (Å²) < 4.78 is 0. The number of likely N-dealkylation sites (N-methyl/N-ethyl adjacent to an activating group) is 1. The lowest BCUT2D eigenvalue weighted by atomic mass is 10.1. The molecule has 0 saturated heterocycles. The van der Waals surface area contributed by atoms with Crippen LogP contribution < -0.4 is 4.90 Å². The average molecular weight is 209 g/mol. The minimum absolute atomic E-state index is 0.534. The van der Waals surface area contributed by atoms with E-state index in [-0.39, 0.29) is 0 Å². The van der Waals surface area contributed by atoms with Crippen molar-refractivity contribution in [2.75, 3.05) is 18.0 Å². The predicted octanol–water partition coefficient (Wildman–Crippen LogP) is 1.38. The average Bonchev–Trinajstić information content (AvgIpc) is 2.14. The van der Waals surface area contributed by atoms with Crippen molar-refractivity contribution in [1.82, 2.24) is 9.97 Å². The molecule has 0 aliphatic carbocycles. The molecule has 1 heterocycles. The van der Waals surface area contributed by atoms with E-state index in [2.05, 4.69) is 9.97 Å². The fourth-order valence-electron chi connectivity index (χ4n) is 1.34. The Bertz CT molecular complexity index is 303. The number of aromatic nitrogens is 2. The third-order valence-electron chi connectivity index (χ3n) is 2.01. The van der Waals surface area contributed by atoms with E-state index in [9.17, 15) is 5.11 Å². The standard InChI is InChI=1S/C11H19N3O/c1-5-14(8-11(3,4)15)10-12-6-9(2)7-13-10/h6-7,15H,5,8H2,1-4H3. The monoisotopic (exact) mass is 209 g/mol. The molecule has 1 aromatic rings. The van der Waals surface area contributed by atoms with Crippen molar-refractivity contribution in [3.05, 3.63) is 18.0 Å². The van der Waals surface area contributed by atoms with Gasteiger partial charge < -0.3 is 10.0 Å². The fraction of sp³-hybridized carbons (Fsp3) is 0.636. The van der Waals surface area contributed by atoms with Crippen LogP contribution in [0.2, 0.25) is 0 Å². The zero-order chi connectivity index (χ0) is 11.5. The highest BCUT2D eigenvalue weighted by Gasteiger charge is 2.18. The highest BCUT2D eigenvalue weighted by molar-refractivity contribution is 5.29. The van der Waals surface area contributed by atoms with E-state index in [0.717, 1.165) is 12.1 Å². The fourth-order valence-corrected chi connectivity index (χ4v) is 1.34. The van der Waals surface area contributed by atoms with E-state index < -0.39 is 5.60 Å². The Morgan fingerprint density at radius 3 is 2.27 bits per heavy atom. The molecule has 0 aliphatic heterocycles. The van der Waals surface area contributed by atoms with E-state index in [1.54, 1.807) is 26.2 Å². The Balaban J connectivity index is 2.79. The first-order chi connectivity index (χ1) is 6.92. The molecule has 1 aromatic heterocycles. The molecule has 0 aromatic carbocycles. The summed E-state index contributed by atoms with van der Waals surface area (Å²) in [6.45, 7) is 8.86. The summed E-state index contributed by atoms with van der Waals surface area (Å²) in [5.41, 5.74) is 0.308. The third-order valence-corrected chi connectivity index (χ3v) is 2.01. The van der Waals surface area contributed by atoms with Gasteiger partial charge in [0.1, 0.15) is 0 Å². The van der Waals surface area contributed by atoms with Crippen molar-refractivity contribution < 1.29 is 5.11 Å². The molecular formula is C11H19N3O. The molecule has 15 heavy (non-hydrogen) atoms. The van der Waals surface area contributed by atoms with E-state index >= 15 is 0 Å². The van der Waals surface area contributed by atoms with Crippen LogP contribution in [0.15, 0.2) is 12.4 Å². The molecule has 0 fully saturated rings. The van der Waals surface area contributed by atoms with Crippen molar-refractivity contribution in [2.45, 2.75) is 33.3 Å². The Hall–Kier alpha value is -1.16. The van der Waals surface area contributed by atoms with Gasteiger partial charge in [0.2, 0.25) is 5.95 Å². The van der Waals surface area contributed by atoms with E-state index in [0.29, 0.717) is 12.5 Å². The maximum absolute atomic E-state index is 9.74. The first-order valence-corrected chi connectivity index (χ1v) is 5.18. The van der Waals surface area contributed by atoms with Crippen molar-refractivity contribution >= 4 is 5.95 Å². The van der Waals surface area contributed by atoms with Crippen LogP contribution in [0.1, 0.15) is 26.3 Å².